The molecule has 0 fully saturated rings. The summed E-state index contributed by atoms with van der Waals surface area (Å²) in [5, 5.41) is 0. The molecule has 4 nitrogen and oxygen atoms in total. The number of hydrogen-bond donors (Lipinski definition) is 0. The zero-order valence-corrected chi connectivity index (χ0v) is 15.7. The van der Waals surface area contributed by atoms with Crippen molar-refractivity contribution < 1.29 is 14.3 Å². The van der Waals surface area contributed by atoms with Gasteiger partial charge >= 0.3 is 0 Å². The first-order chi connectivity index (χ1) is 13.7. The van der Waals surface area contributed by atoms with Gasteiger partial charge in [0.25, 0.3) is 5.91 Å². The predicted molar refractivity (Wildman–Crippen MR) is 110 cm³/mol. The van der Waals surface area contributed by atoms with Crippen LogP contribution in [0.2, 0.25) is 0 Å². The molecule has 3 aromatic rings. The van der Waals surface area contributed by atoms with Crippen LogP contribution in [0.4, 0.5) is 5.69 Å². The standard InChI is InChI=1S/C24H21NO3/c1-28-23-11-5-3-7-19(23)17-12-14-18(15-13-17)24(27)25-16-6-10-22(26)20-8-2-4-9-21(20)25/h2-5,7-9,11-15H,6,10,16H2,1H3. The second kappa shape index (κ2) is 7.69. The molecule has 4 rings (SSSR count). The average Bonchev–Trinajstić information content (AvgIpc) is 2.92. The first-order valence-electron chi connectivity index (χ1n) is 9.36. The summed E-state index contributed by atoms with van der Waals surface area (Å²) in [6.07, 6.45) is 1.13. The van der Waals surface area contributed by atoms with Gasteiger partial charge in [-0.15, -0.1) is 0 Å². The summed E-state index contributed by atoms with van der Waals surface area (Å²) in [4.78, 5) is 27.2. The molecule has 0 unspecified atom stereocenters. The maximum Gasteiger partial charge on any atom is 0.258 e. The predicted octanol–water partition coefficient (Wildman–Crippen LogP) is 4.99. The number of nitrogens with zero attached hydrogens (tertiary/aromatic N) is 1. The van der Waals surface area contributed by atoms with E-state index in [4.69, 9.17) is 4.74 Å². The summed E-state index contributed by atoms with van der Waals surface area (Å²) >= 11 is 0. The third-order valence-electron chi connectivity index (χ3n) is 5.08. The number of fused-ring (bicyclic) bond motifs is 1. The Morgan fingerprint density at radius 3 is 2.32 bits per heavy atom. The Hall–Kier alpha value is -3.40. The van der Waals surface area contributed by atoms with Crippen molar-refractivity contribution in [1.82, 2.24) is 0 Å². The Bertz CT molecular complexity index is 1020. The van der Waals surface area contributed by atoms with Gasteiger partial charge in [-0.2, -0.15) is 0 Å². The van der Waals surface area contributed by atoms with E-state index in [-0.39, 0.29) is 11.7 Å². The Labute approximate surface area is 164 Å². The van der Waals surface area contributed by atoms with Crippen LogP contribution in [-0.4, -0.2) is 25.3 Å². The molecule has 1 aliphatic heterocycles. The van der Waals surface area contributed by atoms with Gasteiger partial charge in [-0.05, 0) is 42.3 Å². The van der Waals surface area contributed by atoms with E-state index in [0.29, 0.717) is 36.2 Å². The molecule has 0 atom stereocenters. The van der Waals surface area contributed by atoms with E-state index in [1.54, 1.807) is 18.1 Å². The fourth-order valence-corrected chi connectivity index (χ4v) is 3.64. The summed E-state index contributed by atoms with van der Waals surface area (Å²) in [5.41, 5.74) is 3.89. The minimum Gasteiger partial charge on any atom is -0.496 e. The highest BCUT2D eigenvalue weighted by Gasteiger charge is 2.25. The number of methoxy groups -OCH3 is 1. The minimum absolute atomic E-state index is 0.0891. The summed E-state index contributed by atoms with van der Waals surface area (Å²) in [6, 6.07) is 22.7. The molecular weight excluding hydrogens is 350 g/mol. The van der Waals surface area contributed by atoms with Crippen LogP contribution in [0.1, 0.15) is 33.6 Å². The maximum atomic E-state index is 13.2. The fraction of sp³-hybridized carbons (Fsp3) is 0.167. The molecule has 28 heavy (non-hydrogen) atoms. The number of carbonyl (C=O) groups excluding carboxylic acids is 2. The van der Waals surface area contributed by atoms with Gasteiger partial charge in [-0.3, -0.25) is 9.59 Å². The van der Waals surface area contributed by atoms with E-state index in [9.17, 15) is 9.59 Å². The lowest BCUT2D eigenvalue weighted by Crippen LogP contribution is -2.31. The number of para-hydroxylation sites is 2. The number of Topliss-reactive ketones (excluding diaryl/α,β-unsaturated/α-hetero) is 1. The minimum atomic E-state index is -0.0891. The quantitative estimate of drug-likeness (QED) is 0.652. The van der Waals surface area contributed by atoms with Crippen molar-refractivity contribution in [3.8, 4) is 16.9 Å². The Morgan fingerprint density at radius 1 is 0.893 bits per heavy atom. The molecule has 0 radical (unpaired) electrons. The summed E-state index contributed by atoms with van der Waals surface area (Å²) in [7, 11) is 1.65. The number of benzene rings is 3. The number of hydrogen-bond acceptors (Lipinski definition) is 3. The van der Waals surface area contributed by atoms with E-state index < -0.39 is 0 Å². The van der Waals surface area contributed by atoms with Gasteiger partial charge in [0, 0.05) is 29.7 Å². The molecule has 0 N–H and O–H groups in total. The molecule has 1 heterocycles. The van der Waals surface area contributed by atoms with Crippen LogP contribution in [-0.2, 0) is 0 Å². The molecule has 0 bridgehead atoms. The lowest BCUT2D eigenvalue weighted by atomic mass is 10.0. The van der Waals surface area contributed by atoms with Crippen molar-refractivity contribution in [2.75, 3.05) is 18.6 Å². The molecule has 4 heteroatoms. The number of ketones is 1. The molecule has 0 aromatic heterocycles. The second-order valence-electron chi connectivity index (χ2n) is 6.78. The highest BCUT2D eigenvalue weighted by atomic mass is 16.5. The van der Waals surface area contributed by atoms with Crippen LogP contribution in [0.15, 0.2) is 72.8 Å². The van der Waals surface area contributed by atoms with E-state index in [2.05, 4.69) is 0 Å². The van der Waals surface area contributed by atoms with Gasteiger partial charge in [0.2, 0.25) is 0 Å². The van der Waals surface area contributed by atoms with E-state index in [1.807, 2.05) is 66.7 Å². The van der Waals surface area contributed by atoms with Gasteiger partial charge in [-0.25, -0.2) is 0 Å². The topological polar surface area (TPSA) is 46.6 Å². The van der Waals surface area contributed by atoms with Crippen LogP contribution in [0.25, 0.3) is 11.1 Å². The van der Waals surface area contributed by atoms with Crippen molar-refractivity contribution in [3.63, 3.8) is 0 Å². The van der Waals surface area contributed by atoms with Crippen molar-refractivity contribution in [2.24, 2.45) is 0 Å². The summed E-state index contributed by atoms with van der Waals surface area (Å²) in [5.74, 6) is 0.799. The lowest BCUT2D eigenvalue weighted by Gasteiger charge is -2.22. The Balaban J connectivity index is 1.66. The van der Waals surface area contributed by atoms with E-state index in [1.165, 1.54) is 0 Å². The normalized spacial score (nSPS) is 13.6. The highest BCUT2D eigenvalue weighted by molar-refractivity contribution is 6.11. The van der Waals surface area contributed by atoms with Crippen molar-refractivity contribution in [1.29, 1.82) is 0 Å². The molecule has 0 spiro atoms. The lowest BCUT2D eigenvalue weighted by molar-refractivity contribution is 0.0974. The molecule has 0 saturated carbocycles. The van der Waals surface area contributed by atoms with E-state index in [0.717, 1.165) is 16.9 Å². The Kier molecular flexibility index (Phi) is 4.94. The largest absolute Gasteiger partial charge is 0.496 e. The number of anilines is 1. The molecule has 1 aliphatic rings. The van der Waals surface area contributed by atoms with Crippen LogP contribution in [0.3, 0.4) is 0 Å². The van der Waals surface area contributed by atoms with Crippen molar-refractivity contribution >= 4 is 17.4 Å². The first kappa shape index (κ1) is 18.0. The molecular formula is C24H21NO3. The summed E-state index contributed by atoms with van der Waals surface area (Å²) < 4.78 is 5.43. The third-order valence-corrected chi connectivity index (χ3v) is 5.08. The van der Waals surface area contributed by atoms with Crippen molar-refractivity contribution in [2.45, 2.75) is 12.8 Å². The second-order valence-corrected chi connectivity index (χ2v) is 6.78. The van der Waals surface area contributed by atoms with Gasteiger partial charge in [0.05, 0.1) is 12.8 Å². The van der Waals surface area contributed by atoms with Gasteiger partial charge in [-0.1, -0.05) is 42.5 Å². The first-order valence-corrected chi connectivity index (χ1v) is 9.36. The monoisotopic (exact) mass is 371 g/mol. The molecule has 0 aliphatic carbocycles. The van der Waals surface area contributed by atoms with Crippen LogP contribution in [0.5, 0.6) is 5.75 Å². The molecule has 140 valence electrons. The smallest absolute Gasteiger partial charge is 0.258 e. The third kappa shape index (κ3) is 3.29. The van der Waals surface area contributed by atoms with Gasteiger partial charge in [0.1, 0.15) is 5.75 Å². The number of carbonyl (C=O) groups is 2. The highest BCUT2D eigenvalue weighted by Crippen LogP contribution is 2.31. The number of ether oxygens (including phenoxy) is 1. The van der Waals surface area contributed by atoms with Crippen LogP contribution in [0, 0.1) is 0 Å². The molecule has 3 aromatic carbocycles. The van der Waals surface area contributed by atoms with Crippen LogP contribution >= 0.6 is 0 Å². The SMILES string of the molecule is COc1ccccc1-c1ccc(C(=O)N2CCCC(=O)c3ccccc32)cc1. The number of rotatable bonds is 3. The zero-order chi connectivity index (χ0) is 19.5. The van der Waals surface area contributed by atoms with Gasteiger partial charge in [0.15, 0.2) is 5.78 Å². The summed E-state index contributed by atoms with van der Waals surface area (Å²) in [6.45, 7) is 0.538. The molecule has 1 amide bonds. The maximum absolute atomic E-state index is 13.2. The number of amides is 1. The van der Waals surface area contributed by atoms with Crippen molar-refractivity contribution in [3.05, 3.63) is 83.9 Å². The Morgan fingerprint density at radius 2 is 1.57 bits per heavy atom. The molecule has 0 saturated heterocycles. The van der Waals surface area contributed by atoms with Crippen LogP contribution < -0.4 is 9.64 Å². The van der Waals surface area contributed by atoms with Gasteiger partial charge < -0.3 is 9.64 Å². The fourth-order valence-electron chi connectivity index (χ4n) is 3.64. The van der Waals surface area contributed by atoms with E-state index >= 15 is 0 Å². The average molecular weight is 371 g/mol. The zero-order valence-electron chi connectivity index (χ0n) is 15.7.